The van der Waals surface area contributed by atoms with Gasteiger partial charge in [0.05, 0.1) is 5.56 Å². The van der Waals surface area contributed by atoms with Crippen molar-refractivity contribution in [1.82, 2.24) is 9.78 Å². The van der Waals surface area contributed by atoms with Crippen molar-refractivity contribution >= 4 is 17.9 Å². The lowest BCUT2D eigenvalue weighted by molar-refractivity contribution is -0.114. The van der Waals surface area contributed by atoms with Crippen molar-refractivity contribution in [1.29, 1.82) is 0 Å². The third-order valence-corrected chi connectivity index (χ3v) is 2.72. The lowest BCUT2D eigenvalue weighted by atomic mass is 10.1. The average Bonchev–Trinajstić information content (AvgIpc) is 2.82. The summed E-state index contributed by atoms with van der Waals surface area (Å²) in [5.41, 5.74) is 2.79. The van der Waals surface area contributed by atoms with Gasteiger partial charge in [0.15, 0.2) is 6.29 Å². The second-order valence-corrected chi connectivity index (χ2v) is 4.17. The van der Waals surface area contributed by atoms with Gasteiger partial charge in [0, 0.05) is 30.9 Å². The van der Waals surface area contributed by atoms with Crippen LogP contribution in [0.1, 0.15) is 24.2 Å². The predicted octanol–water partition coefficient (Wildman–Crippen LogP) is 2.34. The Labute approximate surface area is 111 Å². The van der Waals surface area contributed by atoms with E-state index in [1.54, 1.807) is 23.0 Å². The van der Waals surface area contributed by atoms with Crippen LogP contribution < -0.4 is 5.32 Å². The second-order valence-electron chi connectivity index (χ2n) is 4.17. The number of benzene rings is 1. The molecule has 2 aromatic rings. The number of aldehydes is 1. The van der Waals surface area contributed by atoms with E-state index >= 15 is 0 Å². The van der Waals surface area contributed by atoms with Crippen LogP contribution in [-0.2, 0) is 11.3 Å². The maximum atomic E-state index is 11.0. The summed E-state index contributed by atoms with van der Waals surface area (Å²) in [6.45, 7) is 4.14. The number of rotatable bonds is 4. The fraction of sp³-hybridized carbons (Fsp3) is 0.214. The molecular formula is C14H15N3O2. The van der Waals surface area contributed by atoms with E-state index in [0.29, 0.717) is 17.8 Å². The second kappa shape index (κ2) is 5.48. The summed E-state index contributed by atoms with van der Waals surface area (Å²) in [5, 5.41) is 7.05. The Morgan fingerprint density at radius 2 is 2.05 bits per heavy atom. The number of aromatic nitrogens is 2. The van der Waals surface area contributed by atoms with Crippen molar-refractivity contribution in [3.8, 4) is 11.3 Å². The van der Waals surface area contributed by atoms with Gasteiger partial charge in [-0.1, -0.05) is 12.1 Å². The van der Waals surface area contributed by atoms with Crippen LogP contribution in [0.25, 0.3) is 11.3 Å². The molecule has 0 aliphatic carbocycles. The normalized spacial score (nSPS) is 10.2. The van der Waals surface area contributed by atoms with Crippen LogP contribution >= 0.6 is 0 Å². The SMILES string of the molecule is CCn1cc(C=O)c(-c2ccc(NC(C)=O)cc2)n1. The molecule has 0 unspecified atom stereocenters. The van der Waals surface area contributed by atoms with Crippen LogP contribution in [0, 0.1) is 0 Å². The van der Waals surface area contributed by atoms with Crippen LogP contribution in [-0.4, -0.2) is 22.0 Å². The lowest BCUT2D eigenvalue weighted by Gasteiger charge is -2.03. The molecule has 0 fully saturated rings. The first-order chi connectivity index (χ1) is 9.13. The molecule has 0 atom stereocenters. The third kappa shape index (κ3) is 2.88. The Hall–Kier alpha value is -2.43. The number of carbonyl (C=O) groups is 2. The highest BCUT2D eigenvalue weighted by molar-refractivity contribution is 5.89. The largest absolute Gasteiger partial charge is 0.326 e. The van der Waals surface area contributed by atoms with Gasteiger partial charge in [0.2, 0.25) is 5.91 Å². The molecule has 0 bridgehead atoms. The molecule has 0 saturated carbocycles. The predicted molar refractivity (Wildman–Crippen MR) is 73.0 cm³/mol. The van der Waals surface area contributed by atoms with Gasteiger partial charge in [-0.05, 0) is 19.1 Å². The fourth-order valence-electron chi connectivity index (χ4n) is 1.82. The minimum Gasteiger partial charge on any atom is -0.326 e. The summed E-state index contributed by atoms with van der Waals surface area (Å²) in [6, 6.07) is 7.24. The Bertz CT molecular complexity index is 600. The van der Waals surface area contributed by atoms with Crippen LogP contribution in [0.4, 0.5) is 5.69 Å². The lowest BCUT2D eigenvalue weighted by Crippen LogP contribution is -2.05. The summed E-state index contributed by atoms with van der Waals surface area (Å²) < 4.78 is 1.72. The number of nitrogens with zero attached hydrogens (tertiary/aromatic N) is 2. The summed E-state index contributed by atoms with van der Waals surface area (Å²) >= 11 is 0. The number of carbonyl (C=O) groups excluding carboxylic acids is 2. The highest BCUT2D eigenvalue weighted by Gasteiger charge is 2.10. The number of aryl methyl sites for hydroxylation is 1. The average molecular weight is 257 g/mol. The minimum absolute atomic E-state index is 0.114. The van der Waals surface area contributed by atoms with Gasteiger partial charge in [-0.15, -0.1) is 0 Å². The molecule has 1 aromatic heterocycles. The first-order valence-electron chi connectivity index (χ1n) is 6.04. The number of nitrogens with one attached hydrogen (secondary N) is 1. The number of hydrogen-bond donors (Lipinski definition) is 1. The van der Waals surface area contributed by atoms with Crippen molar-refractivity contribution in [2.45, 2.75) is 20.4 Å². The van der Waals surface area contributed by atoms with Crippen LogP contribution in [0.5, 0.6) is 0 Å². The van der Waals surface area contributed by atoms with E-state index in [1.165, 1.54) is 6.92 Å². The molecular weight excluding hydrogens is 242 g/mol. The standard InChI is InChI=1S/C14H15N3O2/c1-3-17-8-12(9-18)14(16-17)11-4-6-13(7-5-11)15-10(2)19/h4-9H,3H2,1-2H3,(H,15,19). The molecule has 0 radical (unpaired) electrons. The molecule has 0 aliphatic rings. The van der Waals surface area contributed by atoms with Crippen molar-refractivity contribution in [3.63, 3.8) is 0 Å². The smallest absolute Gasteiger partial charge is 0.221 e. The van der Waals surface area contributed by atoms with Crippen molar-refractivity contribution < 1.29 is 9.59 Å². The van der Waals surface area contributed by atoms with Crippen LogP contribution in [0.3, 0.4) is 0 Å². The highest BCUT2D eigenvalue weighted by atomic mass is 16.1. The Morgan fingerprint density at radius 1 is 1.37 bits per heavy atom. The van der Waals surface area contributed by atoms with Gasteiger partial charge < -0.3 is 5.32 Å². The summed E-state index contributed by atoms with van der Waals surface area (Å²) in [4.78, 5) is 22.0. The highest BCUT2D eigenvalue weighted by Crippen LogP contribution is 2.22. The van der Waals surface area contributed by atoms with E-state index in [-0.39, 0.29) is 5.91 Å². The van der Waals surface area contributed by atoms with E-state index in [0.717, 1.165) is 17.5 Å². The maximum absolute atomic E-state index is 11.0. The molecule has 5 nitrogen and oxygen atoms in total. The monoisotopic (exact) mass is 257 g/mol. The number of amides is 1. The van der Waals surface area contributed by atoms with Gasteiger partial charge >= 0.3 is 0 Å². The van der Waals surface area contributed by atoms with Gasteiger partial charge in [-0.3, -0.25) is 14.3 Å². The number of hydrogen-bond acceptors (Lipinski definition) is 3. The van der Waals surface area contributed by atoms with Crippen LogP contribution in [0.2, 0.25) is 0 Å². The zero-order chi connectivity index (χ0) is 13.8. The molecule has 0 saturated heterocycles. The molecule has 1 amide bonds. The van der Waals surface area contributed by atoms with Crippen molar-refractivity contribution in [3.05, 3.63) is 36.0 Å². The molecule has 0 spiro atoms. The third-order valence-electron chi connectivity index (χ3n) is 2.72. The van der Waals surface area contributed by atoms with E-state index in [9.17, 15) is 9.59 Å². The molecule has 0 aliphatic heterocycles. The molecule has 98 valence electrons. The fourth-order valence-corrected chi connectivity index (χ4v) is 1.82. The molecule has 2 rings (SSSR count). The first kappa shape index (κ1) is 13.0. The van der Waals surface area contributed by atoms with Crippen molar-refractivity contribution in [2.24, 2.45) is 0 Å². The van der Waals surface area contributed by atoms with Gasteiger partial charge in [0.25, 0.3) is 0 Å². The summed E-state index contributed by atoms with van der Waals surface area (Å²) in [6.07, 6.45) is 2.53. The van der Waals surface area contributed by atoms with Crippen LogP contribution in [0.15, 0.2) is 30.5 Å². The van der Waals surface area contributed by atoms with E-state index in [1.807, 2.05) is 19.1 Å². The molecule has 1 aromatic carbocycles. The Morgan fingerprint density at radius 3 is 2.58 bits per heavy atom. The zero-order valence-corrected chi connectivity index (χ0v) is 10.9. The van der Waals surface area contributed by atoms with E-state index in [4.69, 9.17) is 0 Å². The zero-order valence-electron chi connectivity index (χ0n) is 10.9. The topological polar surface area (TPSA) is 64.0 Å². The Kier molecular flexibility index (Phi) is 3.75. The van der Waals surface area contributed by atoms with Gasteiger partial charge in [-0.2, -0.15) is 5.10 Å². The van der Waals surface area contributed by atoms with Crippen molar-refractivity contribution in [2.75, 3.05) is 5.32 Å². The molecule has 1 heterocycles. The molecule has 19 heavy (non-hydrogen) atoms. The van der Waals surface area contributed by atoms with Gasteiger partial charge in [-0.25, -0.2) is 0 Å². The first-order valence-corrected chi connectivity index (χ1v) is 6.04. The minimum atomic E-state index is -0.114. The quantitative estimate of drug-likeness (QED) is 0.855. The summed E-state index contributed by atoms with van der Waals surface area (Å²) in [7, 11) is 0. The number of anilines is 1. The maximum Gasteiger partial charge on any atom is 0.221 e. The van der Waals surface area contributed by atoms with E-state index < -0.39 is 0 Å². The Balaban J connectivity index is 2.33. The molecule has 1 N–H and O–H groups in total. The van der Waals surface area contributed by atoms with E-state index in [2.05, 4.69) is 10.4 Å². The summed E-state index contributed by atoms with van der Waals surface area (Å²) in [5.74, 6) is -0.114. The van der Waals surface area contributed by atoms with Gasteiger partial charge in [0.1, 0.15) is 5.69 Å². The molecule has 5 heteroatoms.